The molecule has 1 N–H and O–H groups in total. The lowest BCUT2D eigenvalue weighted by atomic mass is 9.95. The third-order valence-corrected chi connectivity index (χ3v) is 11.4. The van der Waals surface area contributed by atoms with Gasteiger partial charge in [-0.3, -0.25) is 0 Å². The largest absolute Gasteiger partial charge is 0.415 e. The van der Waals surface area contributed by atoms with Gasteiger partial charge >= 0.3 is 0 Å². The predicted molar refractivity (Wildman–Crippen MR) is 113 cm³/mol. The summed E-state index contributed by atoms with van der Waals surface area (Å²) in [6.45, 7) is 19.5. The normalized spacial score (nSPS) is 17.2. The van der Waals surface area contributed by atoms with Crippen molar-refractivity contribution in [3.05, 3.63) is 28.5 Å². The van der Waals surface area contributed by atoms with Gasteiger partial charge in [-0.15, -0.1) is 0 Å². The van der Waals surface area contributed by atoms with Crippen LogP contribution in [0.15, 0.2) is 22.9 Å². The van der Waals surface area contributed by atoms with Crippen LogP contribution in [0.2, 0.25) is 18.1 Å². The van der Waals surface area contributed by atoms with Crippen LogP contribution in [-0.4, -0.2) is 28.9 Å². The van der Waals surface area contributed by atoms with E-state index in [1.165, 1.54) is 0 Å². The van der Waals surface area contributed by atoms with Crippen molar-refractivity contribution >= 4 is 35.2 Å². The third kappa shape index (κ3) is 6.24. The molecule has 4 nitrogen and oxygen atoms in total. The minimum absolute atomic E-state index is 0.121. The van der Waals surface area contributed by atoms with E-state index in [-0.39, 0.29) is 9.79 Å². The van der Waals surface area contributed by atoms with Gasteiger partial charge in [-0.1, -0.05) is 20.8 Å². The lowest BCUT2D eigenvalue weighted by molar-refractivity contribution is 0.200. The second-order valence-corrected chi connectivity index (χ2v) is 16.8. The van der Waals surface area contributed by atoms with E-state index in [1.807, 2.05) is 39.8 Å². The summed E-state index contributed by atoms with van der Waals surface area (Å²) < 4.78 is 23.0. The van der Waals surface area contributed by atoms with Crippen LogP contribution in [0.3, 0.4) is 0 Å². The van der Waals surface area contributed by atoms with E-state index in [4.69, 9.17) is 4.43 Å². The zero-order valence-electron chi connectivity index (χ0n) is 17.0. The number of halogens is 1. The van der Waals surface area contributed by atoms with Crippen LogP contribution in [0.5, 0.6) is 0 Å². The van der Waals surface area contributed by atoms with E-state index < -0.39 is 24.8 Å². The summed E-state index contributed by atoms with van der Waals surface area (Å²) in [7, 11) is -3.14. The zero-order chi connectivity index (χ0) is 19.7. The topological polar surface area (TPSA) is 51.2 Å². The standard InChI is InChI=1S/C18H33BrN2O2SSi/c1-16(2,3)24(22)21-18(7,14-10-11-20-15(19)12-14)13-23-25(8,9)17(4,5)6/h10-12,21H,13H2,1-9H3/t18?,24-/m0/s1. The molecule has 0 bridgehead atoms. The Morgan fingerprint density at radius 1 is 1.20 bits per heavy atom. The molecule has 1 aromatic rings. The number of aromatic nitrogens is 1. The van der Waals surface area contributed by atoms with Gasteiger partial charge in [-0.05, 0) is 79.5 Å². The maximum absolute atomic E-state index is 12.8. The smallest absolute Gasteiger partial charge is 0.192 e. The Balaban J connectivity index is 3.18. The molecule has 1 rings (SSSR count). The zero-order valence-corrected chi connectivity index (χ0v) is 20.4. The van der Waals surface area contributed by atoms with Crippen LogP contribution in [-0.2, 0) is 21.0 Å². The van der Waals surface area contributed by atoms with Crippen LogP contribution in [0.1, 0.15) is 54.0 Å². The van der Waals surface area contributed by atoms with Crippen molar-refractivity contribution < 1.29 is 8.63 Å². The van der Waals surface area contributed by atoms with E-state index >= 15 is 0 Å². The number of nitrogens with one attached hydrogen (secondary N) is 1. The van der Waals surface area contributed by atoms with Crippen LogP contribution in [0.25, 0.3) is 0 Å². The summed E-state index contributed by atoms with van der Waals surface area (Å²) >= 11 is 3.44. The Bertz CT molecular complexity index is 626. The lowest BCUT2D eigenvalue weighted by Gasteiger charge is -2.41. The van der Waals surface area contributed by atoms with Gasteiger partial charge < -0.3 is 4.43 Å². The lowest BCUT2D eigenvalue weighted by Crippen LogP contribution is -2.52. The van der Waals surface area contributed by atoms with Gasteiger partial charge in [-0.25, -0.2) is 13.9 Å². The molecule has 0 saturated heterocycles. The fourth-order valence-corrected chi connectivity index (χ4v) is 4.16. The molecule has 25 heavy (non-hydrogen) atoms. The molecule has 144 valence electrons. The summed E-state index contributed by atoms with van der Waals surface area (Å²) in [5, 5.41) is 0.121. The van der Waals surface area contributed by atoms with Crippen molar-refractivity contribution in [2.24, 2.45) is 0 Å². The number of rotatable bonds is 6. The Hall–Kier alpha value is -0.0831. The van der Waals surface area contributed by atoms with Crippen LogP contribution in [0.4, 0.5) is 0 Å². The number of hydrogen-bond donors (Lipinski definition) is 1. The van der Waals surface area contributed by atoms with Crippen molar-refractivity contribution in [2.45, 2.75) is 76.9 Å². The fourth-order valence-electron chi connectivity index (χ4n) is 1.82. The Morgan fingerprint density at radius 2 is 1.76 bits per heavy atom. The van der Waals surface area contributed by atoms with Crippen LogP contribution < -0.4 is 4.72 Å². The number of nitrogens with zero attached hydrogens (tertiary/aromatic N) is 1. The maximum atomic E-state index is 12.8. The van der Waals surface area contributed by atoms with Gasteiger partial charge in [0.15, 0.2) is 8.32 Å². The van der Waals surface area contributed by atoms with Crippen molar-refractivity contribution in [1.29, 1.82) is 0 Å². The first-order chi connectivity index (χ1) is 11.1. The molecule has 2 atom stereocenters. The van der Waals surface area contributed by atoms with Gasteiger partial charge in [0.25, 0.3) is 0 Å². The van der Waals surface area contributed by atoms with Gasteiger partial charge in [-0.2, -0.15) is 0 Å². The Labute approximate surface area is 165 Å². The molecule has 0 aliphatic carbocycles. The Kier molecular flexibility index (Phi) is 7.24. The molecule has 0 fully saturated rings. The molecule has 0 radical (unpaired) electrons. The number of hydrogen-bond acceptors (Lipinski definition) is 3. The highest BCUT2D eigenvalue weighted by atomic mass is 79.9. The van der Waals surface area contributed by atoms with E-state index in [2.05, 4.69) is 59.5 Å². The molecular weight excluding hydrogens is 416 g/mol. The maximum Gasteiger partial charge on any atom is 0.192 e. The first-order valence-electron chi connectivity index (χ1n) is 8.54. The number of pyridine rings is 1. The van der Waals surface area contributed by atoms with Gasteiger partial charge in [0, 0.05) is 6.20 Å². The van der Waals surface area contributed by atoms with Crippen molar-refractivity contribution in [3.63, 3.8) is 0 Å². The van der Waals surface area contributed by atoms with E-state index in [0.717, 1.165) is 10.2 Å². The highest BCUT2D eigenvalue weighted by Gasteiger charge is 2.41. The first-order valence-corrected chi connectivity index (χ1v) is 13.4. The van der Waals surface area contributed by atoms with Gasteiger partial charge in [0.1, 0.15) is 4.60 Å². The highest BCUT2D eigenvalue weighted by molar-refractivity contribution is 9.10. The van der Waals surface area contributed by atoms with Crippen LogP contribution >= 0.6 is 15.9 Å². The SMILES string of the molecule is CC(CO[Si](C)(C)C(C)(C)C)(N[S@@](=O)C(C)(C)C)c1ccnc(Br)c1. The monoisotopic (exact) mass is 448 g/mol. The molecule has 1 unspecified atom stereocenters. The summed E-state index contributed by atoms with van der Waals surface area (Å²) in [5.74, 6) is 0. The van der Waals surface area contributed by atoms with Crippen molar-refractivity contribution in [2.75, 3.05) is 6.61 Å². The second-order valence-electron chi connectivity index (χ2n) is 9.23. The minimum atomic E-state index is -1.92. The minimum Gasteiger partial charge on any atom is -0.415 e. The van der Waals surface area contributed by atoms with Crippen molar-refractivity contribution in [3.8, 4) is 0 Å². The summed E-state index contributed by atoms with van der Waals surface area (Å²) in [5.41, 5.74) is 0.435. The molecule has 1 aromatic heterocycles. The van der Waals surface area contributed by atoms with E-state index in [1.54, 1.807) is 6.20 Å². The summed E-state index contributed by atoms with van der Waals surface area (Å²) in [6.07, 6.45) is 1.76. The third-order valence-electron chi connectivity index (χ3n) is 4.77. The Morgan fingerprint density at radius 3 is 2.20 bits per heavy atom. The average Bonchev–Trinajstić information content (AvgIpc) is 2.43. The van der Waals surface area contributed by atoms with Crippen molar-refractivity contribution in [1.82, 2.24) is 9.71 Å². The van der Waals surface area contributed by atoms with Gasteiger partial charge in [0.05, 0.1) is 27.9 Å². The predicted octanol–water partition coefficient (Wildman–Crippen LogP) is 5.13. The molecular formula is C18H33BrN2O2SSi. The molecule has 0 aliphatic rings. The average molecular weight is 450 g/mol. The quantitative estimate of drug-likeness (QED) is 0.484. The molecule has 0 spiro atoms. The van der Waals surface area contributed by atoms with E-state index in [0.29, 0.717) is 6.61 Å². The molecule has 0 amide bonds. The molecule has 7 heteroatoms. The summed E-state index contributed by atoms with van der Waals surface area (Å²) in [4.78, 5) is 4.21. The second kappa shape index (κ2) is 7.88. The fraction of sp³-hybridized carbons (Fsp3) is 0.722. The molecule has 0 aliphatic heterocycles. The van der Waals surface area contributed by atoms with Crippen LogP contribution in [0, 0.1) is 0 Å². The highest BCUT2D eigenvalue weighted by Crippen LogP contribution is 2.38. The molecule has 1 heterocycles. The first kappa shape index (κ1) is 23.0. The van der Waals surface area contributed by atoms with E-state index in [9.17, 15) is 4.21 Å². The van der Waals surface area contributed by atoms with Gasteiger partial charge in [0.2, 0.25) is 0 Å². The summed E-state index contributed by atoms with van der Waals surface area (Å²) in [6, 6.07) is 3.91. The molecule has 0 aromatic carbocycles. The molecule has 0 saturated carbocycles.